The quantitative estimate of drug-likeness (QED) is 0.691. The van der Waals surface area contributed by atoms with E-state index in [2.05, 4.69) is 4.90 Å². The van der Waals surface area contributed by atoms with Crippen molar-refractivity contribution in [2.75, 3.05) is 25.5 Å². The van der Waals surface area contributed by atoms with Crippen LogP contribution in [0.25, 0.3) is 10.9 Å². The van der Waals surface area contributed by atoms with Gasteiger partial charge in [0.25, 0.3) is 0 Å². The lowest BCUT2D eigenvalue weighted by Crippen LogP contribution is -2.23. The number of nitrogens with two attached hydrogens (primary N) is 1. The number of carbonyl (C=O) groups is 1. The molecule has 0 amide bonds. The zero-order valence-electron chi connectivity index (χ0n) is 12.3. The highest BCUT2D eigenvalue weighted by Gasteiger charge is 2.25. The number of ether oxygens (including phenoxy) is 1. The van der Waals surface area contributed by atoms with E-state index < -0.39 is 0 Å². The fourth-order valence-electron chi connectivity index (χ4n) is 3.08. The fraction of sp³-hybridized carbons (Fsp3) is 0.438. The highest BCUT2D eigenvalue weighted by molar-refractivity contribution is 5.99. The van der Waals surface area contributed by atoms with Gasteiger partial charge in [0.2, 0.25) is 0 Å². The molecule has 2 heterocycles. The average Bonchev–Trinajstić information content (AvgIpc) is 3.08. The Bertz CT molecular complexity index is 657. The maximum atomic E-state index is 12.3. The van der Waals surface area contributed by atoms with Crippen LogP contribution in [0.5, 0.6) is 0 Å². The van der Waals surface area contributed by atoms with Crippen molar-refractivity contribution in [3.8, 4) is 0 Å². The van der Waals surface area contributed by atoms with Crippen molar-refractivity contribution >= 4 is 16.9 Å². The molecule has 0 atom stereocenters. The highest BCUT2D eigenvalue weighted by Crippen LogP contribution is 2.27. The van der Waals surface area contributed by atoms with Gasteiger partial charge in [-0.05, 0) is 38.9 Å². The average molecular weight is 287 g/mol. The van der Waals surface area contributed by atoms with E-state index in [0.717, 1.165) is 36.1 Å². The van der Waals surface area contributed by atoms with Crippen LogP contribution < -0.4 is 5.84 Å². The summed E-state index contributed by atoms with van der Waals surface area (Å²) < 4.78 is 6.66. The molecule has 2 aromatic rings. The number of nitrogen functional groups attached to an aromatic ring is 1. The zero-order valence-corrected chi connectivity index (χ0v) is 12.3. The van der Waals surface area contributed by atoms with Crippen molar-refractivity contribution in [3.63, 3.8) is 0 Å². The molecule has 5 nitrogen and oxygen atoms in total. The normalized spacial score (nSPS) is 15.7. The lowest BCUT2D eigenvalue weighted by Gasteiger charge is -2.15. The van der Waals surface area contributed by atoms with Crippen LogP contribution in [0.4, 0.5) is 0 Å². The van der Waals surface area contributed by atoms with Crippen LogP contribution in [0, 0.1) is 0 Å². The molecule has 0 unspecified atom stereocenters. The summed E-state index contributed by atoms with van der Waals surface area (Å²) in [6.45, 7) is 5.06. The van der Waals surface area contributed by atoms with Crippen LogP contribution in [-0.4, -0.2) is 35.2 Å². The molecular formula is C16H21N3O2. The Morgan fingerprint density at radius 2 is 2.00 bits per heavy atom. The highest BCUT2D eigenvalue weighted by atomic mass is 16.5. The molecule has 112 valence electrons. The van der Waals surface area contributed by atoms with E-state index in [-0.39, 0.29) is 5.97 Å². The first-order valence-electron chi connectivity index (χ1n) is 7.49. The molecule has 2 N–H and O–H groups in total. The van der Waals surface area contributed by atoms with Crippen molar-refractivity contribution in [1.29, 1.82) is 0 Å². The summed E-state index contributed by atoms with van der Waals surface area (Å²) in [5.74, 6) is 5.80. The minimum Gasteiger partial charge on any atom is -0.461 e. The molecule has 0 saturated carbocycles. The molecule has 21 heavy (non-hydrogen) atoms. The smallest absolute Gasteiger partial charge is 0.357 e. The summed E-state index contributed by atoms with van der Waals surface area (Å²) in [5.41, 5.74) is 2.33. The molecule has 3 rings (SSSR count). The second-order valence-corrected chi connectivity index (χ2v) is 5.42. The molecule has 0 aliphatic carbocycles. The second kappa shape index (κ2) is 5.77. The summed E-state index contributed by atoms with van der Waals surface area (Å²) in [6.07, 6.45) is 2.44. The summed E-state index contributed by atoms with van der Waals surface area (Å²) >= 11 is 0. The van der Waals surface area contributed by atoms with Gasteiger partial charge >= 0.3 is 5.97 Å². The van der Waals surface area contributed by atoms with Gasteiger partial charge in [-0.15, -0.1) is 0 Å². The van der Waals surface area contributed by atoms with Gasteiger partial charge in [-0.2, -0.15) is 0 Å². The van der Waals surface area contributed by atoms with E-state index >= 15 is 0 Å². The predicted octanol–water partition coefficient (Wildman–Crippen LogP) is 2.13. The Kier molecular flexibility index (Phi) is 3.84. The van der Waals surface area contributed by atoms with Gasteiger partial charge in [0.1, 0.15) is 0 Å². The maximum Gasteiger partial charge on any atom is 0.357 e. The largest absolute Gasteiger partial charge is 0.461 e. The number of esters is 1. The number of hydrogen-bond acceptors (Lipinski definition) is 4. The monoisotopic (exact) mass is 287 g/mol. The van der Waals surface area contributed by atoms with E-state index in [1.54, 1.807) is 0 Å². The first-order valence-corrected chi connectivity index (χ1v) is 7.49. The maximum absolute atomic E-state index is 12.3. The van der Waals surface area contributed by atoms with E-state index in [1.807, 2.05) is 31.2 Å². The Balaban J connectivity index is 2.09. The van der Waals surface area contributed by atoms with Gasteiger partial charge in [-0.1, -0.05) is 18.2 Å². The SMILES string of the molecule is CCOC(=O)c1c(CN2CCCC2)c2ccccc2n1N. The van der Waals surface area contributed by atoms with Crippen molar-refractivity contribution in [2.45, 2.75) is 26.3 Å². The molecular weight excluding hydrogens is 266 g/mol. The van der Waals surface area contributed by atoms with E-state index in [9.17, 15) is 4.79 Å². The third-order valence-corrected chi connectivity index (χ3v) is 4.06. The van der Waals surface area contributed by atoms with Crippen molar-refractivity contribution in [2.24, 2.45) is 0 Å². The predicted molar refractivity (Wildman–Crippen MR) is 82.6 cm³/mol. The van der Waals surface area contributed by atoms with Gasteiger partial charge in [-0.25, -0.2) is 4.79 Å². The standard InChI is InChI=1S/C16H21N3O2/c1-2-21-16(20)15-13(11-18-9-5-6-10-18)12-7-3-4-8-14(12)19(15)17/h3-4,7-8H,2,5-6,9-11,17H2,1H3. The summed E-state index contributed by atoms with van der Waals surface area (Å²) in [5, 5.41) is 1.04. The Labute approximate surface area is 124 Å². The number of likely N-dealkylation sites (tertiary alicyclic amines) is 1. The molecule has 1 aromatic carbocycles. The van der Waals surface area contributed by atoms with Crippen molar-refractivity contribution < 1.29 is 9.53 Å². The molecule has 0 spiro atoms. The van der Waals surface area contributed by atoms with Gasteiger partial charge in [0.15, 0.2) is 5.69 Å². The van der Waals surface area contributed by atoms with Crippen LogP contribution in [0.3, 0.4) is 0 Å². The Morgan fingerprint density at radius 1 is 1.29 bits per heavy atom. The number of hydrogen-bond donors (Lipinski definition) is 1. The number of nitrogens with zero attached hydrogens (tertiary/aromatic N) is 2. The summed E-state index contributed by atoms with van der Waals surface area (Å²) in [7, 11) is 0. The fourth-order valence-corrected chi connectivity index (χ4v) is 3.08. The lowest BCUT2D eigenvalue weighted by atomic mass is 10.1. The number of aromatic nitrogens is 1. The molecule has 0 radical (unpaired) electrons. The first-order chi connectivity index (χ1) is 10.2. The van der Waals surface area contributed by atoms with Crippen LogP contribution in [0.2, 0.25) is 0 Å². The number of para-hydroxylation sites is 1. The number of carbonyl (C=O) groups excluding carboxylic acids is 1. The van der Waals surface area contributed by atoms with Crippen LogP contribution in [-0.2, 0) is 11.3 Å². The van der Waals surface area contributed by atoms with Gasteiger partial charge in [0.05, 0.1) is 12.1 Å². The van der Waals surface area contributed by atoms with E-state index in [0.29, 0.717) is 12.3 Å². The zero-order chi connectivity index (χ0) is 14.8. The third-order valence-electron chi connectivity index (χ3n) is 4.06. The van der Waals surface area contributed by atoms with Gasteiger partial charge < -0.3 is 10.6 Å². The minimum absolute atomic E-state index is 0.342. The topological polar surface area (TPSA) is 60.5 Å². The van der Waals surface area contributed by atoms with Crippen LogP contribution in [0.15, 0.2) is 24.3 Å². The molecule has 1 fully saturated rings. The second-order valence-electron chi connectivity index (χ2n) is 5.42. The van der Waals surface area contributed by atoms with Gasteiger partial charge in [-0.3, -0.25) is 9.58 Å². The Morgan fingerprint density at radius 3 is 2.71 bits per heavy atom. The Hall–Kier alpha value is -2.01. The molecule has 5 heteroatoms. The summed E-state index contributed by atoms with van der Waals surface area (Å²) in [6, 6.07) is 7.86. The minimum atomic E-state index is -0.342. The van der Waals surface area contributed by atoms with Crippen LogP contribution in [0.1, 0.15) is 35.8 Å². The molecule has 1 aromatic heterocycles. The number of fused-ring (bicyclic) bond motifs is 1. The van der Waals surface area contributed by atoms with Gasteiger partial charge in [0, 0.05) is 17.5 Å². The first kappa shape index (κ1) is 13.9. The molecule has 1 aliphatic rings. The van der Waals surface area contributed by atoms with E-state index in [4.69, 9.17) is 10.6 Å². The molecule has 1 saturated heterocycles. The van der Waals surface area contributed by atoms with Crippen molar-refractivity contribution in [3.05, 3.63) is 35.5 Å². The lowest BCUT2D eigenvalue weighted by molar-refractivity contribution is 0.0514. The van der Waals surface area contributed by atoms with Crippen LogP contribution >= 0.6 is 0 Å². The third kappa shape index (κ3) is 2.49. The molecule has 0 bridgehead atoms. The van der Waals surface area contributed by atoms with E-state index in [1.165, 1.54) is 17.5 Å². The molecule has 1 aliphatic heterocycles. The summed E-state index contributed by atoms with van der Waals surface area (Å²) in [4.78, 5) is 14.7. The number of rotatable bonds is 4. The van der Waals surface area contributed by atoms with Crippen molar-refractivity contribution in [1.82, 2.24) is 9.58 Å². The number of benzene rings is 1.